The molecule has 1 saturated heterocycles. The van der Waals surface area contributed by atoms with Crippen molar-refractivity contribution in [3.8, 4) is 0 Å². The molecule has 2 heterocycles. The molecule has 28 heavy (non-hydrogen) atoms. The number of esters is 1. The number of halogens is 1. The lowest BCUT2D eigenvalue weighted by molar-refractivity contribution is -0.151. The Morgan fingerprint density at radius 2 is 2.11 bits per heavy atom. The van der Waals surface area contributed by atoms with E-state index in [9.17, 15) is 14.4 Å². The number of furan rings is 1. The van der Waals surface area contributed by atoms with Crippen molar-refractivity contribution in [1.82, 2.24) is 4.90 Å². The van der Waals surface area contributed by atoms with E-state index >= 15 is 0 Å². The number of benzene rings is 1. The molecule has 3 rings (SSSR count). The summed E-state index contributed by atoms with van der Waals surface area (Å²) in [5, 5.41) is 2.74. The second kappa shape index (κ2) is 8.60. The monoisotopic (exact) mass is 448 g/mol. The number of nitrogens with one attached hydrogen (secondary N) is 1. The summed E-state index contributed by atoms with van der Waals surface area (Å²) in [7, 11) is 0. The third-order valence-corrected chi connectivity index (χ3v) is 5.45. The van der Waals surface area contributed by atoms with E-state index in [0.717, 1.165) is 15.6 Å². The number of carbonyl (C=O) groups excluding carboxylic acids is 3. The molecule has 1 atom stereocenters. The maximum atomic E-state index is 12.3. The summed E-state index contributed by atoms with van der Waals surface area (Å²) in [4.78, 5) is 38.0. The van der Waals surface area contributed by atoms with Gasteiger partial charge in [-0.2, -0.15) is 0 Å². The van der Waals surface area contributed by atoms with Gasteiger partial charge in [0.15, 0.2) is 6.61 Å². The van der Waals surface area contributed by atoms with Gasteiger partial charge in [0.2, 0.25) is 5.91 Å². The van der Waals surface area contributed by atoms with Crippen LogP contribution in [0.3, 0.4) is 0 Å². The maximum absolute atomic E-state index is 12.3. The lowest BCUT2D eigenvalue weighted by atomic mass is 10.1. The number of hydrogen-bond donors (Lipinski definition) is 1. The van der Waals surface area contributed by atoms with Crippen LogP contribution in [0, 0.1) is 19.8 Å². The Labute approximate surface area is 171 Å². The molecule has 0 spiro atoms. The molecule has 0 bridgehead atoms. The van der Waals surface area contributed by atoms with Crippen LogP contribution in [0.5, 0.6) is 0 Å². The first kappa shape index (κ1) is 20.1. The smallest absolute Gasteiger partial charge is 0.311 e. The van der Waals surface area contributed by atoms with E-state index in [1.165, 1.54) is 6.26 Å². The van der Waals surface area contributed by atoms with E-state index < -0.39 is 24.4 Å². The Morgan fingerprint density at radius 3 is 2.82 bits per heavy atom. The molecule has 2 aromatic rings. The van der Waals surface area contributed by atoms with Crippen molar-refractivity contribution >= 4 is 39.4 Å². The van der Waals surface area contributed by atoms with Crippen LogP contribution in [0.4, 0.5) is 5.69 Å². The molecule has 0 saturated carbocycles. The Bertz CT molecular complexity index is 894. The number of anilines is 1. The minimum absolute atomic E-state index is 0.0756. The Hall–Kier alpha value is -2.61. The number of hydrogen-bond acceptors (Lipinski definition) is 5. The Kier molecular flexibility index (Phi) is 6.18. The normalized spacial score (nSPS) is 16.3. The maximum Gasteiger partial charge on any atom is 0.311 e. The fraction of sp³-hybridized carbons (Fsp3) is 0.350. The van der Waals surface area contributed by atoms with Crippen molar-refractivity contribution in [3.05, 3.63) is 51.9 Å². The third-order valence-electron chi connectivity index (χ3n) is 4.60. The molecule has 8 heteroatoms. The topological polar surface area (TPSA) is 88.8 Å². The Balaban J connectivity index is 1.49. The number of likely N-dealkylation sites (tertiary alicyclic amines) is 1. The molecule has 1 aromatic carbocycles. The molecule has 0 radical (unpaired) electrons. The van der Waals surface area contributed by atoms with Crippen molar-refractivity contribution in [1.29, 1.82) is 0 Å². The molecular formula is C20H21BrN2O5. The van der Waals surface area contributed by atoms with Crippen LogP contribution in [0.1, 0.15) is 23.3 Å². The van der Waals surface area contributed by atoms with Crippen molar-refractivity contribution in [2.75, 3.05) is 18.5 Å². The number of amides is 2. The molecular weight excluding hydrogens is 428 g/mol. The van der Waals surface area contributed by atoms with Crippen LogP contribution in [-0.2, 0) is 25.7 Å². The average Bonchev–Trinajstić information content (AvgIpc) is 3.28. The number of carbonyl (C=O) groups is 3. The first-order valence-electron chi connectivity index (χ1n) is 8.87. The minimum atomic E-state index is -0.577. The minimum Gasteiger partial charge on any atom is -0.467 e. The lowest BCUT2D eigenvalue weighted by Crippen LogP contribution is -2.28. The number of rotatable bonds is 6. The SMILES string of the molecule is Cc1cc(NC(=O)COC(=O)[C@@H]2CC(=O)N(Cc3ccco3)C2)c(C)cc1Br. The summed E-state index contributed by atoms with van der Waals surface area (Å²) in [6.45, 7) is 3.98. The number of aryl methyl sites for hydroxylation is 2. The predicted octanol–water partition coefficient (Wildman–Crippen LogP) is 3.19. The summed E-state index contributed by atoms with van der Waals surface area (Å²) in [5.74, 6) is -1.03. The van der Waals surface area contributed by atoms with Gasteiger partial charge >= 0.3 is 5.97 Å². The molecule has 0 unspecified atom stereocenters. The van der Waals surface area contributed by atoms with Gasteiger partial charge in [-0.15, -0.1) is 0 Å². The van der Waals surface area contributed by atoms with E-state index in [1.807, 2.05) is 26.0 Å². The van der Waals surface area contributed by atoms with Crippen molar-refractivity contribution < 1.29 is 23.5 Å². The number of ether oxygens (including phenoxy) is 1. The highest BCUT2D eigenvalue weighted by atomic mass is 79.9. The summed E-state index contributed by atoms with van der Waals surface area (Å²) >= 11 is 3.44. The zero-order valence-electron chi connectivity index (χ0n) is 15.7. The van der Waals surface area contributed by atoms with E-state index in [-0.39, 0.29) is 18.9 Å². The summed E-state index contributed by atoms with van der Waals surface area (Å²) in [6, 6.07) is 7.28. The van der Waals surface area contributed by atoms with Gasteiger partial charge < -0.3 is 19.4 Å². The molecule has 1 N–H and O–H groups in total. The largest absolute Gasteiger partial charge is 0.467 e. The fourth-order valence-corrected chi connectivity index (χ4v) is 3.49. The molecule has 2 amide bonds. The highest BCUT2D eigenvalue weighted by Gasteiger charge is 2.35. The van der Waals surface area contributed by atoms with E-state index in [4.69, 9.17) is 9.15 Å². The highest BCUT2D eigenvalue weighted by Crippen LogP contribution is 2.25. The first-order valence-corrected chi connectivity index (χ1v) is 9.66. The van der Waals surface area contributed by atoms with Gasteiger partial charge in [-0.05, 0) is 49.2 Å². The summed E-state index contributed by atoms with van der Waals surface area (Å²) < 4.78 is 11.3. The predicted molar refractivity (Wildman–Crippen MR) is 105 cm³/mol. The van der Waals surface area contributed by atoms with Gasteiger partial charge in [0.25, 0.3) is 5.91 Å². The average molecular weight is 449 g/mol. The highest BCUT2D eigenvalue weighted by molar-refractivity contribution is 9.10. The molecule has 148 valence electrons. The quantitative estimate of drug-likeness (QED) is 0.685. The van der Waals surface area contributed by atoms with Gasteiger partial charge in [0.05, 0.1) is 18.7 Å². The van der Waals surface area contributed by atoms with Crippen molar-refractivity contribution in [3.63, 3.8) is 0 Å². The van der Waals surface area contributed by atoms with Crippen LogP contribution in [-0.4, -0.2) is 35.8 Å². The van der Waals surface area contributed by atoms with Crippen LogP contribution >= 0.6 is 15.9 Å². The van der Waals surface area contributed by atoms with Crippen LogP contribution < -0.4 is 5.32 Å². The standard InChI is InChI=1S/C20H21BrN2O5/c1-12-7-17(13(2)6-16(12)21)22-18(24)11-28-20(26)14-8-19(25)23(9-14)10-15-4-3-5-27-15/h3-7,14H,8-11H2,1-2H3,(H,22,24)/t14-/m1/s1. The lowest BCUT2D eigenvalue weighted by Gasteiger charge is -2.15. The van der Waals surface area contributed by atoms with Gasteiger partial charge in [0, 0.05) is 23.1 Å². The summed E-state index contributed by atoms with van der Waals surface area (Å²) in [5.41, 5.74) is 2.55. The van der Waals surface area contributed by atoms with Crippen molar-refractivity contribution in [2.45, 2.75) is 26.8 Å². The van der Waals surface area contributed by atoms with Gasteiger partial charge in [-0.25, -0.2) is 0 Å². The zero-order valence-corrected chi connectivity index (χ0v) is 17.2. The first-order chi connectivity index (χ1) is 13.3. The van der Waals surface area contributed by atoms with Gasteiger partial charge in [-0.1, -0.05) is 15.9 Å². The fourth-order valence-electron chi connectivity index (χ4n) is 3.03. The second-order valence-corrected chi connectivity index (χ2v) is 7.68. The molecule has 1 aliphatic rings. The zero-order chi connectivity index (χ0) is 20.3. The van der Waals surface area contributed by atoms with E-state index in [1.54, 1.807) is 17.0 Å². The molecule has 1 aliphatic heterocycles. The van der Waals surface area contributed by atoms with Crippen LogP contribution in [0.2, 0.25) is 0 Å². The molecule has 0 aliphatic carbocycles. The third kappa shape index (κ3) is 4.81. The van der Waals surface area contributed by atoms with E-state index in [0.29, 0.717) is 18.0 Å². The van der Waals surface area contributed by atoms with Gasteiger partial charge in [0.1, 0.15) is 5.76 Å². The molecule has 7 nitrogen and oxygen atoms in total. The number of nitrogens with zero attached hydrogens (tertiary/aromatic N) is 1. The van der Waals surface area contributed by atoms with Crippen LogP contribution in [0.25, 0.3) is 0 Å². The Morgan fingerprint density at radius 1 is 1.32 bits per heavy atom. The molecule has 1 aromatic heterocycles. The van der Waals surface area contributed by atoms with Crippen molar-refractivity contribution in [2.24, 2.45) is 5.92 Å². The summed E-state index contributed by atoms with van der Waals surface area (Å²) in [6.07, 6.45) is 1.61. The van der Waals surface area contributed by atoms with E-state index in [2.05, 4.69) is 21.2 Å². The second-order valence-electron chi connectivity index (χ2n) is 6.83. The van der Waals surface area contributed by atoms with Gasteiger partial charge in [-0.3, -0.25) is 14.4 Å². The molecule has 1 fully saturated rings. The van der Waals surface area contributed by atoms with Crippen LogP contribution in [0.15, 0.2) is 39.4 Å².